The Morgan fingerprint density at radius 2 is 1.59 bits per heavy atom. The summed E-state index contributed by atoms with van der Waals surface area (Å²) in [6.45, 7) is 19.5. The molecule has 0 radical (unpaired) electrons. The third-order valence-electron chi connectivity index (χ3n) is 16.8. The van der Waals surface area contributed by atoms with Crippen molar-refractivity contribution in [2.45, 2.75) is 138 Å². The van der Waals surface area contributed by atoms with Gasteiger partial charge in [-0.3, -0.25) is 23.9 Å². The highest BCUT2D eigenvalue weighted by Crippen LogP contribution is 2.77. The van der Waals surface area contributed by atoms with Crippen LogP contribution >= 0.6 is 11.6 Å². The van der Waals surface area contributed by atoms with Gasteiger partial charge in [0, 0.05) is 24.3 Å². The van der Waals surface area contributed by atoms with E-state index in [9.17, 15) is 24.3 Å². The van der Waals surface area contributed by atoms with Gasteiger partial charge in [-0.05, 0) is 141 Å². The molecule has 4 saturated carbocycles. The minimum Gasteiger partial charge on any atom is -0.497 e. The van der Waals surface area contributed by atoms with Gasteiger partial charge in [0.05, 0.1) is 30.3 Å². The highest BCUT2D eigenvalue weighted by atomic mass is 35.5. The largest absolute Gasteiger partial charge is 0.497 e. The number of benzene rings is 1. The first-order valence-electron chi connectivity index (χ1n) is 20.8. The van der Waals surface area contributed by atoms with E-state index in [-0.39, 0.29) is 62.4 Å². The Bertz CT molecular complexity index is 2060. The molecule has 4 fully saturated rings. The molecule has 8 atom stereocenters. The molecule has 56 heavy (non-hydrogen) atoms. The molecular formula is C46H63ClN2O7. The van der Waals surface area contributed by atoms with Gasteiger partial charge in [-0.2, -0.15) is 0 Å². The number of carbonyl (C=O) groups excluding carboxylic acids is 2. The zero-order valence-electron chi connectivity index (χ0n) is 35.4. The van der Waals surface area contributed by atoms with E-state index < -0.39 is 22.8 Å². The van der Waals surface area contributed by atoms with E-state index in [4.69, 9.17) is 21.1 Å². The van der Waals surface area contributed by atoms with Crippen LogP contribution < -0.4 is 10.3 Å². The average molecular weight is 791 g/mol. The third kappa shape index (κ3) is 5.58. The lowest BCUT2D eigenvalue weighted by molar-refractivity contribution is -0.232. The Morgan fingerprint density at radius 1 is 0.929 bits per heavy atom. The number of aliphatic carboxylic acids is 1. The van der Waals surface area contributed by atoms with Crippen LogP contribution in [0.4, 0.5) is 0 Å². The summed E-state index contributed by atoms with van der Waals surface area (Å²) in [6, 6.07) is 7.41. The second kappa shape index (κ2) is 13.4. The molecule has 2 aromatic rings. The van der Waals surface area contributed by atoms with Crippen molar-refractivity contribution < 1.29 is 29.0 Å². The Hall–Kier alpha value is -3.33. The van der Waals surface area contributed by atoms with Crippen molar-refractivity contribution in [3.8, 4) is 11.4 Å². The van der Waals surface area contributed by atoms with Crippen LogP contribution in [0.25, 0.3) is 5.69 Å². The van der Waals surface area contributed by atoms with Crippen LogP contribution in [0.1, 0.15) is 132 Å². The number of rotatable bonds is 8. The zero-order valence-corrected chi connectivity index (χ0v) is 36.2. The number of carboxylic acids is 1. The van der Waals surface area contributed by atoms with Crippen molar-refractivity contribution in [2.24, 2.45) is 57.8 Å². The first kappa shape index (κ1) is 40.9. The van der Waals surface area contributed by atoms with Crippen LogP contribution in [-0.2, 0) is 31.6 Å². The smallest absolute Gasteiger partial charge is 0.309 e. The summed E-state index contributed by atoms with van der Waals surface area (Å²) in [6.07, 6.45) is 7.34. The molecule has 0 aliphatic heterocycles. The number of carboxylic acid groups (broad SMARTS) is 1. The number of aromatic nitrogens is 2. The molecule has 1 heterocycles. The van der Waals surface area contributed by atoms with E-state index in [2.05, 4.69) is 48.5 Å². The zero-order chi connectivity index (χ0) is 41.1. The van der Waals surface area contributed by atoms with E-state index in [0.717, 1.165) is 62.6 Å². The van der Waals surface area contributed by atoms with Gasteiger partial charge in [-0.15, -0.1) is 0 Å². The average Bonchev–Trinajstić information content (AvgIpc) is 3.54. The summed E-state index contributed by atoms with van der Waals surface area (Å²) in [7, 11) is 3.53. The highest BCUT2D eigenvalue weighted by molar-refractivity contribution is 6.31. The number of halogens is 1. The van der Waals surface area contributed by atoms with Crippen LogP contribution in [0.5, 0.6) is 5.75 Å². The lowest BCUT2D eigenvalue weighted by Gasteiger charge is -2.72. The molecule has 0 spiro atoms. The second-order valence-corrected chi connectivity index (χ2v) is 20.9. The van der Waals surface area contributed by atoms with Gasteiger partial charge in [0.25, 0.3) is 5.56 Å². The van der Waals surface area contributed by atoms with Gasteiger partial charge in [-0.25, -0.2) is 4.68 Å². The Labute approximate surface area is 337 Å². The number of allylic oxidation sites excluding steroid dienone is 2. The molecule has 1 aromatic carbocycles. The fraction of sp³-hybridized carbons (Fsp3) is 0.696. The predicted molar refractivity (Wildman–Crippen MR) is 217 cm³/mol. The molecule has 0 amide bonds. The number of Topliss-reactive ketones (excluding diaryl/α,β-unsaturated/α-hetero) is 1. The Balaban J connectivity index is 1.25. The SMILES string of the molecule is COc1ccc(-n2c(=O)c(Cl)c([C@@]34CC[C@]5(C)[C@H](CC[C@@H]6[C@@]7(C)CC[C@H](OC(=O)CC(C)(C)C(=O)O)C(C)(C)[C@@H]7CC[C@]65C)C3=C(C(C)C)C(=O)C4)n2C)cc1. The highest BCUT2D eigenvalue weighted by Gasteiger charge is 2.71. The molecule has 1 aromatic heterocycles. The lowest BCUT2D eigenvalue weighted by Crippen LogP contribution is -2.66. The Kier molecular flexibility index (Phi) is 9.74. The molecule has 0 bridgehead atoms. The number of hydrogen-bond donors (Lipinski definition) is 1. The van der Waals surface area contributed by atoms with Gasteiger partial charge in [0.1, 0.15) is 16.9 Å². The normalized spacial score (nSPS) is 35.1. The number of nitrogens with zero attached hydrogens (tertiary/aromatic N) is 2. The van der Waals surface area contributed by atoms with Crippen LogP contribution in [0.2, 0.25) is 5.02 Å². The minimum absolute atomic E-state index is 0.0101. The molecular weight excluding hydrogens is 728 g/mol. The van der Waals surface area contributed by atoms with Crippen molar-refractivity contribution in [2.75, 3.05) is 7.11 Å². The molecule has 1 N–H and O–H groups in total. The molecule has 5 aliphatic carbocycles. The maximum absolute atomic E-state index is 14.4. The first-order chi connectivity index (χ1) is 26.0. The number of methoxy groups -OCH3 is 1. The van der Waals surface area contributed by atoms with E-state index in [0.29, 0.717) is 29.7 Å². The van der Waals surface area contributed by atoms with Gasteiger partial charge in [0.2, 0.25) is 0 Å². The molecule has 10 heteroatoms. The molecule has 5 aliphatic rings. The summed E-state index contributed by atoms with van der Waals surface area (Å²) in [5.41, 5.74) is 1.15. The molecule has 0 saturated heterocycles. The minimum atomic E-state index is -1.18. The number of ether oxygens (including phenoxy) is 2. The van der Waals surface area contributed by atoms with Gasteiger partial charge in [0.15, 0.2) is 5.78 Å². The van der Waals surface area contributed by atoms with Crippen molar-refractivity contribution in [3.63, 3.8) is 0 Å². The number of hydrogen-bond acceptors (Lipinski definition) is 6. The molecule has 306 valence electrons. The van der Waals surface area contributed by atoms with Gasteiger partial charge < -0.3 is 14.6 Å². The molecule has 7 rings (SSSR count). The summed E-state index contributed by atoms with van der Waals surface area (Å²) in [4.78, 5) is 53.4. The number of carbonyl (C=O) groups is 3. The topological polar surface area (TPSA) is 117 Å². The second-order valence-electron chi connectivity index (χ2n) is 20.5. The fourth-order valence-electron chi connectivity index (χ4n) is 13.8. The van der Waals surface area contributed by atoms with E-state index in [1.807, 2.05) is 36.0 Å². The first-order valence-corrected chi connectivity index (χ1v) is 21.2. The quantitative estimate of drug-likeness (QED) is 0.265. The van der Waals surface area contributed by atoms with E-state index in [1.54, 1.807) is 25.6 Å². The van der Waals surface area contributed by atoms with Gasteiger partial charge >= 0.3 is 11.9 Å². The maximum atomic E-state index is 14.4. The van der Waals surface area contributed by atoms with Crippen molar-refractivity contribution in [1.29, 1.82) is 0 Å². The number of esters is 1. The van der Waals surface area contributed by atoms with E-state index >= 15 is 0 Å². The van der Waals surface area contributed by atoms with Crippen molar-refractivity contribution >= 4 is 29.3 Å². The molecule has 0 unspecified atom stereocenters. The van der Waals surface area contributed by atoms with Crippen molar-refractivity contribution in [1.82, 2.24) is 9.36 Å². The van der Waals surface area contributed by atoms with Crippen molar-refractivity contribution in [3.05, 3.63) is 56.5 Å². The summed E-state index contributed by atoms with van der Waals surface area (Å²) < 4.78 is 15.1. The fourth-order valence-corrected chi connectivity index (χ4v) is 14.2. The van der Waals surface area contributed by atoms with Crippen LogP contribution in [0.15, 0.2) is 40.2 Å². The summed E-state index contributed by atoms with van der Waals surface area (Å²) in [5, 5.41) is 9.84. The summed E-state index contributed by atoms with van der Waals surface area (Å²) >= 11 is 7.19. The third-order valence-corrected chi connectivity index (χ3v) is 17.1. The van der Waals surface area contributed by atoms with Crippen LogP contribution in [0.3, 0.4) is 0 Å². The lowest BCUT2D eigenvalue weighted by atomic mass is 9.33. The predicted octanol–water partition coefficient (Wildman–Crippen LogP) is 9.48. The van der Waals surface area contributed by atoms with Crippen LogP contribution in [0, 0.1) is 50.7 Å². The molecule has 9 nitrogen and oxygen atoms in total. The van der Waals surface area contributed by atoms with Crippen LogP contribution in [-0.4, -0.2) is 45.4 Å². The van der Waals surface area contributed by atoms with Gasteiger partial charge in [-0.1, -0.05) is 60.1 Å². The Morgan fingerprint density at radius 3 is 2.20 bits per heavy atom. The van der Waals surface area contributed by atoms with E-state index in [1.165, 1.54) is 5.57 Å². The monoisotopic (exact) mass is 790 g/mol. The number of ketones is 1. The maximum Gasteiger partial charge on any atom is 0.309 e. The number of fused-ring (bicyclic) bond motifs is 7. The standard InChI is InChI=1S/C46H63ClN2O7/c1-26(2)35-30(50)24-46(38-37(47)39(52)49(48(38)10)27-12-14-28(55-11)15-13-27)23-22-44(8)29(36(35)46)16-17-32-43(7)20-19-33(56-34(51)25-41(3,4)40(53)54)42(5,6)31(43)18-21-45(32,44)9/h12-15,26,29,31-33H,16-25H2,1-11H3,(H,53,54)/t29-,31+,32-,33+,43+,44-,45-,46-/m1/s1. The summed E-state index contributed by atoms with van der Waals surface area (Å²) in [5.74, 6) is 0.426.